The zero-order valence-electron chi connectivity index (χ0n) is 18.8. The second-order valence-electron chi connectivity index (χ2n) is 9.96. The minimum atomic E-state index is -1.22. The maximum absolute atomic E-state index is 12.9. The van der Waals surface area contributed by atoms with Crippen molar-refractivity contribution in [3.05, 3.63) is 0 Å². The lowest BCUT2D eigenvalue weighted by molar-refractivity contribution is -0.157. The Kier molecular flexibility index (Phi) is 6.75. The highest BCUT2D eigenvalue weighted by Gasteiger charge is 2.54. The highest BCUT2D eigenvalue weighted by Crippen LogP contribution is 2.41. The lowest BCUT2D eigenvalue weighted by Gasteiger charge is -2.52. The molecule has 2 atom stereocenters. The van der Waals surface area contributed by atoms with Crippen molar-refractivity contribution in [3.63, 3.8) is 0 Å². The van der Waals surface area contributed by atoms with Crippen molar-refractivity contribution >= 4 is 18.2 Å². The zero-order chi connectivity index (χ0) is 22.0. The SMILES string of the molecule is CCOC(=O)C1(NC(=O)OC(C)(C)C)CC2CCCC(C1)N2C(=O)OC(C)(C)C. The number of carbonyl (C=O) groups excluding carboxylic acids is 3. The molecule has 2 rings (SSSR count). The number of rotatable bonds is 3. The van der Waals surface area contributed by atoms with Crippen LogP contribution < -0.4 is 5.32 Å². The summed E-state index contributed by atoms with van der Waals surface area (Å²) >= 11 is 0. The number of piperidine rings is 2. The van der Waals surface area contributed by atoms with Crippen molar-refractivity contribution in [1.29, 1.82) is 0 Å². The number of amides is 2. The molecule has 2 bridgehead atoms. The number of hydrogen-bond acceptors (Lipinski definition) is 6. The van der Waals surface area contributed by atoms with Gasteiger partial charge in [-0.05, 0) is 67.7 Å². The fraction of sp³-hybridized carbons (Fsp3) is 0.857. The van der Waals surface area contributed by atoms with E-state index in [1.807, 2.05) is 20.8 Å². The molecule has 0 aromatic rings. The Bertz CT molecular complexity index is 620. The molecule has 2 amide bonds. The van der Waals surface area contributed by atoms with Crippen LogP contribution in [0.2, 0.25) is 0 Å². The smallest absolute Gasteiger partial charge is 0.410 e. The van der Waals surface area contributed by atoms with Crippen molar-refractivity contribution in [2.75, 3.05) is 6.61 Å². The maximum Gasteiger partial charge on any atom is 0.410 e. The molecule has 0 saturated carbocycles. The summed E-state index contributed by atoms with van der Waals surface area (Å²) in [5, 5.41) is 2.80. The first-order valence-electron chi connectivity index (χ1n) is 10.5. The molecule has 1 N–H and O–H groups in total. The van der Waals surface area contributed by atoms with Gasteiger partial charge < -0.3 is 24.4 Å². The van der Waals surface area contributed by atoms with E-state index in [-0.39, 0.29) is 37.6 Å². The minimum Gasteiger partial charge on any atom is -0.464 e. The molecule has 2 fully saturated rings. The van der Waals surface area contributed by atoms with E-state index in [0.717, 1.165) is 19.3 Å². The topological polar surface area (TPSA) is 94.2 Å². The predicted molar refractivity (Wildman–Crippen MR) is 107 cm³/mol. The van der Waals surface area contributed by atoms with Crippen molar-refractivity contribution in [2.24, 2.45) is 0 Å². The Hall–Kier alpha value is -1.99. The van der Waals surface area contributed by atoms with Gasteiger partial charge in [-0.3, -0.25) is 0 Å². The van der Waals surface area contributed by atoms with Gasteiger partial charge in [-0.1, -0.05) is 0 Å². The number of alkyl carbamates (subject to hydrolysis) is 1. The number of esters is 1. The van der Waals surface area contributed by atoms with Crippen LogP contribution in [0.4, 0.5) is 9.59 Å². The number of fused-ring (bicyclic) bond motifs is 2. The van der Waals surface area contributed by atoms with E-state index in [4.69, 9.17) is 14.2 Å². The van der Waals surface area contributed by atoms with Gasteiger partial charge in [0, 0.05) is 24.9 Å². The Morgan fingerprint density at radius 2 is 1.48 bits per heavy atom. The summed E-state index contributed by atoms with van der Waals surface area (Å²) in [6.07, 6.45) is 1.97. The summed E-state index contributed by atoms with van der Waals surface area (Å²) in [5.74, 6) is -0.480. The van der Waals surface area contributed by atoms with E-state index in [0.29, 0.717) is 0 Å². The predicted octanol–water partition coefficient (Wildman–Crippen LogP) is 3.77. The minimum absolute atomic E-state index is 0.210. The second-order valence-corrected chi connectivity index (χ2v) is 9.96. The molecule has 0 aliphatic carbocycles. The largest absolute Gasteiger partial charge is 0.464 e. The number of nitrogens with zero attached hydrogens (tertiary/aromatic N) is 1. The van der Waals surface area contributed by atoms with Crippen LogP contribution in [-0.4, -0.2) is 58.5 Å². The Morgan fingerprint density at radius 1 is 0.966 bits per heavy atom. The molecule has 2 aliphatic rings. The fourth-order valence-electron chi connectivity index (χ4n) is 4.15. The summed E-state index contributed by atoms with van der Waals surface area (Å²) in [7, 11) is 0. The van der Waals surface area contributed by atoms with Gasteiger partial charge in [0.1, 0.15) is 16.7 Å². The van der Waals surface area contributed by atoms with E-state index >= 15 is 0 Å². The van der Waals surface area contributed by atoms with Crippen LogP contribution in [0.3, 0.4) is 0 Å². The Balaban J connectivity index is 2.28. The number of nitrogens with one attached hydrogen (secondary N) is 1. The quantitative estimate of drug-likeness (QED) is 0.560. The van der Waals surface area contributed by atoms with E-state index in [9.17, 15) is 14.4 Å². The van der Waals surface area contributed by atoms with E-state index in [1.165, 1.54) is 0 Å². The van der Waals surface area contributed by atoms with E-state index in [2.05, 4.69) is 5.32 Å². The third-order valence-electron chi connectivity index (χ3n) is 5.04. The molecule has 29 heavy (non-hydrogen) atoms. The molecule has 0 spiro atoms. The lowest BCUT2D eigenvalue weighted by Crippen LogP contribution is -2.68. The molecule has 2 unspecified atom stereocenters. The first kappa shape index (κ1) is 23.3. The Labute approximate surface area is 173 Å². The van der Waals surface area contributed by atoms with Crippen LogP contribution in [0, 0.1) is 0 Å². The van der Waals surface area contributed by atoms with Crippen LogP contribution in [0.25, 0.3) is 0 Å². The van der Waals surface area contributed by atoms with Crippen LogP contribution in [0.5, 0.6) is 0 Å². The third-order valence-corrected chi connectivity index (χ3v) is 5.04. The van der Waals surface area contributed by atoms with Crippen LogP contribution in [-0.2, 0) is 19.0 Å². The Morgan fingerprint density at radius 3 is 1.93 bits per heavy atom. The zero-order valence-corrected chi connectivity index (χ0v) is 18.8. The van der Waals surface area contributed by atoms with Gasteiger partial charge in [0.05, 0.1) is 6.61 Å². The molecule has 0 aromatic carbocycles. The van der Waals surface area contributed by atoms with Crippen LogP contribution >= 0.6 is 0 Å². The molecule has 2 heterocycles. The number of hydrogen-bond donors (Lipinski definition) is 1. The van der Waals surface area contributed by atoms with E-state index < -0.39 is 28.8 Å². The monoisotopic (exact) mass is 412 g/mol. The molecule has 2 aliphatic heterocycles. The highest BCUT2D eigenvalue weighted by molar-refractivity contribution is 5.86. The molecule has 166 valence electrons. The second kappa shape index (κ2) is 8.40. The van der Waals surface area contributed by atoms with Crippen molar-refractivity contribution < 1.29 is 28.6 Å². The molecule has 8 heteroatoms. The first-order valence-corrected chi connectivity index (χ1v) is 10.5. The lowest BCUT2D eigenvalue weighted by atomic mass is 9.73. The van der Waals surface area contributed by atoms with Gasteiger partial charge in [-0.2, -0.15) is 0 Å². The number of ether oxygens (including phenoxy) is 3. The summed E-state index contributed by atoms with van der Waals surface area (Å²) in [5.41, 5.74) is -2.50. The average molecular weight is 413 g/mol. The fourth-order valence-corrected chi connectivity index (χ4v) is 4.15. The van der Waals surface area contributed by atoms with Crippen molar-refractivity contribution in [1.82, 2.24) is 10.2 Å². The van der Waals surface area contributed by atoms with Gasteiger partial charge >= 0.3 is 18.2 Å². The van der Waals surface area contributed by atoms with Gasteiger partial charge in [0.2, 0.25) is 0 Å². The summed E-state index contributed by atoms with van der Waals surface area (Å²) < 4.78 is 16.3. The highest BCUT2D eigenvalue weighted by atomic mass is 16.6. The molecule has 2 saturated heterocycles. The molecular weight excluding hydrogens is 376 g/mol. The van der Waals surface area contributed by atoms with Crippen LogP contribution in [0.1, 0.15) is 80.6 Å². The summed E-state index contributed by atoms with van der Waals surface area (Å²) in [6, 6.07) is -0.423. The van der Waals surface area contributed by atoms with Gasteiger partial charge in [-0.25, -0.2) is 14.4 Å². The molecule has 8 nitrogen and oxygen atoms in total. The van der Waals surface area contributed by atoms with Gasteiger partial charge in [0.15, 0.2) is 0 Å². The third kappa shape index (κ3) is 6.00. The standard InChI is InChI=1S/C21H36N2O6/c1-8-27-16(24)21(22-17(25)28-19(2,3)4)12-14-10-9-11-15(13-21)23(14)18(26)29-20(5,6)7/h14-15H,8-13H2,1-7H3,(H,22,25). The summed E-state index contributed by atoms with van der Waals surface area (Å²) in [6.45, 7) is 12.7. The van der Waals surface area contributed by atoms with Crippen LogP contribution in [0.15, 0.2) is 0 Å². The number of carbonyl (C=O) groups is 3. The molecular formula is C21H36N2O6. The average Bonchev–Trinajstić information content (AvgIpc) is 2.50. The normalized spacial score (nSPS) is 27.1. The van der Waals surface area contributed by atoms with E-state index in [1.54, 1.807) is 32.6 Å². The molecule has 0 radical (unpaired) electrons. The van der Waals surface area contributed by atoms with Crippen molar-refractivity contribution in [2.45, 2.75) is 109 Å². The van der Waals surface area contributed by atoms with Gasteiger partial charge in [0.25, 0.3) is 0 Å². The van der Waals surface area contributed by atoms with Gasteiger partial charge in [-0.15, -0.1) is 0 Å². The van der Waals surface area contributed by atoms with Crippen molar-refractivity contribution in [3.8, 4) is 0 Å². The summed E-state index contributed by atoms with van der Waals surface area (Å²) in [4.78, 5) is 40.0. The maximum atomic E-state index is 12.9. The molecule has 0 aromatic heterocycles. The first-order chi connectivity index (χ1) is 13.3.